The van der Waals surface area contributed by atoms with Crippen LogP contribution in [0, 0.1) is 13.8 Å². The topological polar surface area (TPSA) is 12.0 Å². The molecule has 0 aliphatic heterocycles. The predicted molar refractivity (Wildman–Crippen MR) is 82.8 cm³/mol. The van der Waals surface area contributed by atoms with Gasteiger partial charge in [-0.3, -0.25) is 0 Å². The Morgan fingerprint density at radius 3 is 2.39 bits per heavy atom. The lowest BCUT2D eigenvalue weighted by atomic mass is 10.2. The minimum atomic E-state index is 0.440. The second-order valence-corrected chi connectivity index (χ2v) is 6.83. The highest BCUT2D eigenvalue weighted by atomic mass is 32.2. The zero-order valence-electron chi connectivity index (χ0n) is 11.1. The molecule has 1 N–H and O–H groups in total. The minimum Gasteiger partial charge on any atom is -0.312 e. The maximum absolute atomic E-state index is 3.40. The van der Waals surface area contributed by atoms with Crippen LogP contribution < -0.4 is 5.32 Å². The summed E-state index contributed by atoms with van der Waals surface area (Å²) in [6.45, 7) is 4.28. The third-order valence-electron chi connectivity index (χ3n) is 2.89. The van der Waals surface area contributed by atoms with E-state index < -0.39 is 0 Å². The molecule has 96 valence electrons. The van der Waals surface area contributed by atoms with Crippen LogP contribution >= 0.6 is 23.1 Å². The van der Waals surface area contributed by atoms with Gasteiger partial charge in [-0.05, 0) is 45.2 Å². The fourth-order valence-corrected chi connectivity index (χ4v) is 3.89. The van der Waals surface area contributed by atoms with Gasteiger partial charge >= 0.3 is 0 Å². The van der Waals surface area contributed by atoms with Crippen molar-refractivity contribution < 1.29 is 0 Å². The molecule has 0 spiro atoms. The summed E-state index contributed by atoms with van der Waals surface area (Å²) in [6.07, 6.45) is 0. The average Bonchev–Trinajstić information content (AvgIpc) is 2.79. The standard InChI is InChI=1S/C15H19NS2/c1-11-4-7-13(8-5-11)17-10-14(16-3)15-9-6-12(2)18-15/h4-9,14,16H,10H2,1-3H3. The highest BCUT2D eigenvalue weighted by molar-refractivity contribution is 7.99. The lowest BCUT2D eigenvalue weighted by Crippen LogP contribution is -2.17. The van der Waals surface area contributed by atoms with Crippen LogP contribution in [0.3, 0.4) is 0 Å². The van der Waals surface area contributed by atoms with Gasteiger partial charge < -0.3 is 5.32 Å². The molecule has 2 aromatic rings. The Kier molecular flexibility index (Phi) is 4.87. The van der Waals surface area contributed by atoms with Gasteiger partial charge in [0.15, 0.2) is 0 Å². The SMILES string of the molecule is CNC(CSc1ccc(C)cc1)c1ccc(C)s1. The van der Waals surface area contributed by atoms with Gasteiger partial charge in [0.05, 0.1) is 6.04 Å². The molecule has 1 aromatic heterocycles. The maximum atomic E-state index is 3.40. The Labute approximate surface area is 118 Å². The summed E-state index contributed by atoms with van der Waals surface area (Å²) >= 11 is 3.79. The second-order valence-electron chi connectivity index (χ2n) is 4.41. The molecule has 1 unspecified atom stereocenters. The highest BCUT2D eigenvalue weighted by Gasteiger charge is 2.11. The fourth-order valence-electron chi connectivity index (χ4n) is 1.76. The Morgan fingerprint density at radius 1 is 1.11 bits per heavy atom. The van der Waals surface area contributed by atoms with E-state index in [1.165, 1.54) is 20.2 Å². The van der Waals surface area contributed by atoms with Gasteiger partial charge in [-0.25, -0.2) is 0 Å². The number of thioether (sulfide) groups is 1. The van der Waals surface area contributed by atoms with Crippen molar-refractivity contribution in [1.82, 2.24) is 5.32 Å². The van der Waals surface area contributed by atoms with Gasteiger partial charge in [-0.15, -0.1) is 23.1 Å². The largest absolute Gasteiger partial charge is 0.312 e. The molecule has 1 aromatic carbocycles. The normalized spacial score (nSPS) is 12.6. The number of hydrogen-bond acceptors (Lipinski definition) is 3. The van der Waals surface area contributed by atoms with Crippen molar-refractivity contribution in [1.29, 1.82) is 0 Å². The Morgan fingerprint density at radius 2 is 1.83 bits per heavy atom. The molecule has 3 heteroatoms. The van der Waals surface area contributed by atoms with E-state index in [0.29, 0.717) is 6.04 Å². The summed E-state index contributed by atoms with van der Waals surface area (Å²) in [5, 5.41) is 3.40. The number of rotatable bonds is 5. The quantitative estimate of drug-likeness (QED) is 0.812. The summed E-state index contributed by atoms with van der Waals surface area (Å²) in [7, 11) is 2.04. The zero-order valence-corrected chi connectivity index (χ0v) is 12.7. The number of hydrogen-bond donors (Lipinski definition) is 1. The van der Waals surface area contributed by atoms with Gasteiger partial charge in [-0.2, -0.15) is 0 Å². The van der Waals surface area contributed by atoms with Crippen LogP contribution in [0.4, 0.5) is 0 Å². The molecule has 2 rings (SSSR count). The molecule has 1 nitrogen and oxygen atoms in total. The third-order valence-corrected chi connectivity index (χ3v) is 5.11. The van der Waals surface area contributed by atoms with Gasteiger partial charge in [0.25, 0.3) is 0 Å². The van der Waals surface area contributed by atoms with Crippen LogP contribution in [0.15, 0.2) is 41.3 Å². The van der Waals surface area contributed by atoms with Crippen LogP contribution in [0.25, 0.3) is 0 Å². The Balaban J connectivity index is 1.97. The lowest BCUT2D eigenvalue weighted by Gasteiger charge is -2.14. The summed E-state index contributed by atoms with van der Waals surface area (Å²) in [5.41, 5.74) is 1.32. The molecule has 1 atom stereocenters. The maximum Gasteiger partial charge on any atom is 0.0507 e. The van der Waals surface area contributed by atoms with Crippen LogP contribution in [0.5, 0.6) is 0 Å². The highest BCUT2D eigenvalue weighted by Crippen LogP contribution is 2.28. The first-order chi connectivity index (χ1) is 8.69. The van der Waals surface area contributed by atoms with E-state index in [2.05, 4.69) is 55.6 Å². The zero-order chi connectivity index (χ0) is 13.0. The van der Waals surface area contributed by atoms with Crippen LogP contribution in [-0.2, 0) is 0 Å². The van der Waals surface area contributed by atoms with E-state index in [1.807, 2.05) is 30.1 Å². The fraction of sp³-hybridized carbons (Fsp3) is 0.333. The van der Waals surface area contributed by atoms with Crippen molar-refractivity contribution in [3.63, 3.8) is 0 Å². The molecule has 0 radical (unpaired) electrons. The molecule has 1 heterocycles. The summed E-state index contributed by atoms with van der Waals surface area (Å²) in [4.78, 5) is 4.15. The van der Waals surface area contributed by atoms with E-state index in [-0.39, 0.29) is 0 Å². The summed E-state index contributed by atoms with van der Waals surface area (Å²) in [6, 6.07) is 13.6. The summed E-state index contributed by atoms with van der Waals surface area (Å²) < 4.78 is 0. The van der Waals surface area contributed by atoms with Crippen molar-refractivity contribution in [3.05, 3.63) is 51.7 Å². The molecule has 0 aliphatic carbocycles. The van der Waals surface area contributed by atoms with E-state index >= 15 is 0 Å². The predicted octanol–water partition coefficient (Wildman–Crippen LogP) is 4.42. The van der Waals surface area contributed by atoms with E-state index in [4.69, 9.17) is 0 Å². The van der Waals surface area contributed by atoms with E-state index in [1.54, 1.807) is 0 Å². The van der Waals surface area contributed by atoms with E-state index in [9.17, 15) is 0 Å². The molecule has 0 fully saturated rings. The number of nitrogens with one attached hydrogen (secondary N) is 1. The van der Waals surface area contributed by atoms with Crippen molar-refractivity contribution in [2.24, 2.45) is 0 Å². The number of aryl methyl sites for hydroxylation is 2. The Hall–Kier alpha value is -0.770. The molecule has 0 aliphatic rings. The number of benzene rings is 1. The number of thiophene rings is 1. The van der Waals surface area contributed by atoms with E-state index in [0.717, 1.165) is 5.75 Å². The van der Waals surface area contributed by atoms with Gasteiger partial charge in [0, 0.05) is 20.4 Å². The second kappa shape index (κ2) is 6.41. The first kappa shape index (κ1) is 13.7. The first-order valence-corrected chi connectivity index (χ1v) is 7.92. The van der Waals surface area contributed by atoms with Crippen molar-refractivity contribution in [2.75, 3.05) is 12.8 Å². The third kappa shape index (κ3) is 3.61. The molecule has 0 bridgehead atoms. The summed E-state index contributed by atoms with van der Waals surface area (Å²) in [5.74, 6) is 1.07. The first-order valence-electron chi connectivity index (χ1n) is 6.12. The average molecular weight is 277 g/mol. The molecule has 0 amide bonds. The molecular formula is C15H19NS2. The minimum absolute atomic E-state index is 0.440. The van der Waals surface area contributed by atoms with Gasteiger partial charge in [0.1, 0.15) is 0 Å². The van der Waals surface area contributed by atoms with Crippen LogP contribution in [0.2, 0.25) is 0 Å². The smallest absolute Gasteiger partial charge is 0.0507 e. The van der Waals surface area contributed by atoms with Crippen molar-refractivity contribution in [3.8, 4) is 0 Å². The lowest BCUT2D eigenvalue weighted by molar-refractivity contribution is 0.673. The molecular weight excluding hydrogens is 258 g/mol. The van der Waals surface area contributed by atoms with Gasteiger partial charge in [0.2, 0.25) is 0 Å². The molecule has 18 heavy (non-hydrogen) atoms. The van der Waals surface area contributed by atoms with Crippen molar-refractivity contribution in [2.45, 2.75) is 24.8 Å². The van der Waals surface area contributed by atoms with Crippen molar-refractivity contribution >= 4 is 23.1 Å². The monoisotopic (exact) mass is 277 g/mol. The van der Waals surface area contributed by atoms with Crippen LogP contribution in [0.1, 0.15) is 21.4 Å². The molecule has 0 saturated carbocycles. The van der Waals surface area contributed by atoms with Gasteiger partial charge in [-0.1, -0.05) is 17.7 Å². The van der Waals surface area contributed by atoms with Crippen LogP contribution in [-0.4, -0.2) is 12.8 Å². The Bertz CT molecular complexity index is 487. The molecule has 0 saturated heterocycles.